The van der Waals surface area contributed by atoms with E-state index in [4.69, 9.17) is 31.8 Å². The van der Waals surface area contributed by atoms with Crippen LogP contribution >= 0.6 is 22.9 Å². The van der Waals surface area contributed by atoms with E-state index in [0.717, 1.165) is 50.4 Å². The number of halogens is 3. The van der Waals surface area contributed by atoms with E-state index in [-0.39, 0.29) is 55.6 Å². The summed E-state index contributed by atoms with van der Waals surface area (Å²) >= 11 is 7.81. The zero-order valence-electron chi connectivity index (χ0n) is 22.5. The summed E-state index contributed by atoms with van der Waals surface area (Å²) in [6, 6.07) is 5.02. The van der Waals surface area contributed by atoms with Gasteiger partial charge in [-0.2, -0.15) is 9.97 Å². The zero-order valence-corrected chi connectivity index (χ0v) is 24.1. The summed E-state index contributed by atoms with van der Waals surface area (Å²) < 4.78 is 43.2. The van der Waals surface area contributed by atoms with Gasteiger partial charge in [-0.1, -0.05) is 22.9 Å². The maximum Gasteiger partial charge on any atom is 0.319 e. The van der Waals surface area contributed by atoms with E-state index in [9.17, 15) is 4.39 Å². The first-order valence-corrected chi connectivity index (χ1v) is 15.1. The molecule has 3 aliphatic heterocycles. The maximum absolute atomic E-state index is 16.7. The Labute approximate surface area is 244 Å². The van der Waals surface area contributed by atoms with Crippen LogP contribution in [0.5, 0.6) is 6.01 Å². The highest BCUT2D eigenvalue weighted by Crippen LogP contribution is 2.44. The molecule has 9 nitrogen and oxygen atoms in total. The van der Waals surface area contributed by atoms with Gasteiger partial charge in [-0.3, -0.25) is 4.90 Å². The smallest absolute Gasteiger partial charge is 0.319 e. The molecule has 4 aromatic rings. The SMILES string of the molecule is CC(CN1CCOCC1)Oc1nc(N2C3CCC2CNC3)c2cc(Cl)c(-c3ccc(F)c4sc(N)nc34)c(F)c2n1. The molecule has 5 heterocycles. The third kappa shape index (κ3) is 4.85. The van der Waals surface area contributed by atoms with Crippen molar-refractivity contribution in [3.63, 3.8) is 0 Å². The van der Waals surface area contributed by atoms with Gasteiger partial charge in [0, 0.05) is 61.3 Å². The normalized spacial score (nSPS) is 22.1. The highest BCUT2D eigenvalue weighted by atomic mass is 35.5. The standard InChI is InChI=1S/C28H30ClF2N7O2S/c1-14(13-37-6-8-39-9-7-37)40-28-35-23-18(26(36-28)38-15-2-3-16(38)12-33-11-15)10-19(29)21(22(23)31)17-4-5-20(30)25-24(17)34-27(32)41-25/h4-5,10,14-16,33H,2-3,6-9,11-13H2,1H3,(H2,32,34). The van der Waals surface area contributed by atoms with Gasteiger partial charge in [-0.25, -0.2) is 13.8 Å². The molecule has 3 saturated heterocycles. The second kappa shape index (κ2) is 10.7. The fourth-order valence-corrected chi connectivity index (χ4v) is 7.40. The number of nitrogens with two attached hydrogens (primary N) is 1. The molecule has 3 aliphatic rings. The number of thiazole rings is 1. The molecule has 3 unspecified atom stereocenters. The van der Waals surface area contributed by atoms with Crippen LogP contribution in [-0.2, 0) is 4.74 Å². The average molecular weight is 602 g/mol. The minimum Gasteiger partial charge on any atom is -0.459 e. The van der Waals surface area contributed by atoms with E-state index < -0.39 is 11.6 Å². The summed E-state index contributed by atoms with van der Waals surface area (Å²) in [7, 11) is 0. The van der Waals surface area contributed by atoms with E-state index in [1.807, 2.05) is 6.92 Å². The topological polar surface area (TPSA) is 102 Å². The Morgan fingerprint density at radius 2 is 1.90 bits per heavy atom. The summed E-state index contributed by atoms with van der Waals surface area (Å²) in [5, 5.41) is 4.35. The van der Waals surface area contributed by atoms with Crippen molar-refractivity contribution in [1.82, 2.24) is 25.2 Å². The van der Waals surface area contributed by atoms with Crippen LogP contribution in [-0.4, -0.2) is 84.0 Å². The number of benzene rings is 2. The number of rotatable bonds is 6. The molecule has 0 saturated carbocycles. The van der Waals surface area contributed by atoms with Gasteiger partial charge in [0.25, 0.3) is 0 Å². The van der Waals surface area contributed by atoms with Gasteiger partial charge in [0.2, 0.25) is 0 Å². The van der Waals surface area contributed by atoms with Crippen LogP contribution in [0.1, 0.15) is 19.8 Å². The minimum absolute atomic E-state index is 0.0923. The Morgan fingerprint density at radius 1 is 1.15 bits per heavy atom. The molecule has 41 heavy (non-hydrogen) atoms. The third-order valence-electron chi connectivity index (χ3n) is 8.17. The monoisotopic (exact) mass is 601 g/mol. The summed E-state index contributed by atoms with van der Waals surface area (Å²) in [4.78, 5) is 18.3. The number of aromatic nitrogens is 3. The molecule has 2 aromatic heterocycles. The van der Waals surface area contributed by atoms with Crippen molar-refractivity contribution in [1.29, 1.82) is 0 Å². The number of nitrogen functional groups attached to an aromatic ring is 1. The number of ether oxygens (including phenoxy) is 2. The van der Waals surface area contributed by atoms with E-state index >= 15 is 4.39 Å². The number of piperazine rings is 1. The average Bonchev–Trinajstić information content (AvgIpc) is 3.46. The molecule has 3 fully saturated rings. The second-order valence-electron chi connectivity index (χ2n) is 10.9. The lowest BCUT2D eigenvalue weighted by molar-refractivity contribution is 0.0207. The fraction of sp³-hybridized carbons (Fsp3) is 0.464. The molecule has 2 aromatic carbocycles. The number of anilines is 2. The van der Waals surface area contributed by atoms with Gasteiger partial charge in [-0.05, 0) is 38.0 Å². The van der Waals surface area contributed by atoms with E-state index in [1.54, 1.807) is 6.07 Å². The molecular formula is C28H30ClF2N7O2S. The Morgan fingerprint density at radius 3 is 2.66 bits per heavy atom. The molecule has 7 rings (SSSR count). The minimum atomic E-state index is -0.635. The number of nitrogens with zero attached hydrogens (tertiary/aromatic N) is 5. The summed E-state index contributed by atoms with van der Waals surface area (Å²) in [6.45, 7) is 7.29. The molecule has 0 amide bonds. The van der Waals surface area contributed by atoms with Crippen LogP contribution in [0.2, 0.25) is 5.02 Å². The van der Waals surface area contributed by atoms with E-state index in [2.05, 4.69) is 25.1 Å². The molecule has 2 bridgehead atoms. The van der Waals surface area contributed by atoms with Gasteiger partial charge in [0.15, 0.2) is 10.9 Å². The third-order valence-corrected chi connectivity index (χ3v) is 9.36. The van der Waals surface area contributed by atoms with Gasteiger partial charge < -0.3 is 25.4 Å². The molecule has 0 spiro atoms. The number of nitrogens with one attached hydrogen (secondary N) is 1. The van der Waals surface area contributed by atoms with Crippen LogP contribution in [0.4, 0.5) is 19.7 Å². The lowest BCUT2D eigenvalue weighted by Crippen LogP contribution is -2.52. The lowest BCUT2D eigenvalue weighted by atomic mass is 10.0. The largest absolute Gasteiger partial charge is 0.459 e. The van der Waals surface area contributed by atoms with Crippen molar-refractivity contribution < 1.29 is 18.3 Å². The molecule has 3 atom stereocenters. The number of morpholine rings is 1. The van der Waals surface area contributed by atoms with Gasteiger partial charge in [0.05, 0.1) is 28.5 Å². The first-order chi connectivity index (χ1) is 19.9. The summed E-state index contributed by atoms with van der Waals surface area (Å²) in [6.07, 6.45) is 1.79. The van der Waals surface area contributed by atoms with Gasteiger partial charge in [-0.15, -0.1) is 0 Å². The maximum atomic E-state index is 16.7. The second-order valence-corrected chi connectivity index (χ2v) is 12.3. The van der Waals surface area contributed by atoms with Crippen molar-refractivity contribution >= 4 is 55.0 Å². The van der Waals surface area contributed by atoms with Crippen LogP contribution < -0.4 is 20.7 Å². The molecular weight excluding hydrogens is 572 g/mol. The highest BCUT2D eigenvalue weighted by molar-refractivity contribution is 7.22. The first kappa shape index (κ1) is 27.0. The van der Waals surface area contributed by atoms with Crippen molar-refractivity contribution in [2.75, 3.05) is 56.6 Å². The van der Waals surface area contributed by atoms with Gasteiger partial charge in [0.1, 0.15) is 23.3 Å². The first-order valence-electron chi connectivity index (χ1n) is 13.9. The van der Waals surface area contributed by atoms with Crippen molar-refractivity contribution in [3.8, 4) is 17.1 Å². The predicted molar refractivity (Wildman–Crippen MR) is 157 cm³/mol. The van der Waals surface area contributed by atoms with Crippen LogP contribution in [0.25, 0.3) is 32.2 Å². The van der Waals surface area contributed by atoms with E-state index in [0.29, 0.717) is 36.5 Å². The van der Waals surface area contributed by atoms with Gasteiger partial charge >= 0.3 is 6.01 Å². The highest BCUT2D eigenvalue weighted by Gasteiger charge is 2.39. The fourth-order valence-electron chi connectivity index (χ4n) is 6.34. The molecule has 216 valence electrons. The Hall–Kier alpha value is -2.90. The molecule has 0 radical (unpaired) electrons. The number of hydrogen-bond acceptors (Lipinski definition) is 10. The zero-order chi connectivity index (χ0) is 28.2. The Balaban J connectivity index is 1.37. The summed E-state index contributed by atoms with van der Waals surface area (Å²) in [5.41, 5.74) is 6.70. The quantitative estimate of drug-likeness (QED) is 0.332. The van der Waals surface area contributed by atoms with Crippen molar-refractivity contribution in [2.45, 2.75) is 38.0 Å². The lowest BCUT2D eigenvalue weighted by Gasteiger charge is -2.37. The summed E-state index contributed by atoms with van der Waals surface area (Å²) in [5.74, 6) is -0.491. The molecule has 0 aliphatic carbocycles. The van der Waals surface area contributed by atoms with Crippen molar-refractivity contribution in [2.24, 2.45) is 0 Å². The molecule has 3 N–H and O–H groups in total. The van der Waals surface area contributed by atoms with Crippen LogP contribution in [0.15, 0.2) is 18.2 Å². The van der Waals surface area contributed by atoms with Crippen LogP contribution in [0.3, 0.4) is 0 Å². The Kier molecular flexibility index (Phi) is 7.06. The number of fused-ring (bicyclic) bond motifs is 4. The molecule has 13 heteroatoms. The Bertz CT molecular complexity index is 1620. The van der Waals surface area contributed by atoms with E-state index in [1.165, 1.54) is 12.1 Å². The van der Waals surface area contributed by atoms with Crippen molar-refractivity contribution in [3.05, 3.63) is 34.9 Å². The van der Waals surface area contributed by atoms with Crippen LogP contribution in [0, 0.1) is 11.6 Å². The predicted octanol–water partition coefficient (Wildman–Crippen LogP) is 4.46. The number of hydrogen-bond donors (Lipinski definition) is 2.